The predicted octanol–water partition coefficient (Wildman–Crippen LogP) is 6.94. The zero-order valence-electron chi connectivity index (χ0n) is 15.8. The molecular formula is C20H40. The van der Waals surface area contributed by atoms with Crippen LogP contribution in [0.1, 0.15) is 94.4 Å². The molecule has 0 aromatic carbocycles. The number of hydrogen-bond donors (Lipinski definition) is 0. The van der Waals surface area contributed by atoms with Crippen LogP contribution in [0, 0.1) is 34.0 Å². The summed E-state index contributed by atoms with van der Waals surface area (Å²) in [7, 11) is 0. The summed E-state index contributed by atoms with van der Waals surface area (Å²) in [5.41, 5.74) is 1.52. The minimum Gasteiger partial charge on any atom is -0.0648 e. The average Bonchev–Trinajstić information content (AvgIpc) is 2.32. The van der Waals surface area contributed by atoms with Crippen LogP contribution in [0.2, 0.25) is 0 Å². The molecule has 0 aromatic rings. The first kappa shape index (κ1) is 18.1. The topological polar surface area (TPSA) is 0 Å². The Morgan fingerprint density at radius 2 is 1.70 bits per heavy atom. The Hall–Kier alpha value is 0. The standard InChI is InChI=1S/C20H40/c1-10-19(9,12-15(3)4)20(11-2)14-18(7,8)13-16(5)17(20)6/h15-17H,10-14H2,1-9H3. The van der Waals surface area contributed by atoms with E-state index in [4.69, 9.17) is 0 Å². The molecular weight excluding hydrogens is 240 g/mol. The van der Waals surface area contributed by atoms with E-state index in [1.165, 1.54) is 32.1 Å². The third-order valence-electron chi connectivity index (χ3n) is 6.87. The molecule has 0 spiro atoms. The van der Waals surface area contributed by atoms with Gasteiger partial charge in [-0.05, 0) is 59.7 Å². The molecule has 0 aromatic heterocycles. The summed E-state index contributed by atoms with van der Waals surface area (Å²) in [5.74, 6) is 2.51. The molecule has 0 amide bonds. The first-order chi connectivity index (χ1) is 9.03. The normalized spacial score (nSPS) is 36.9. The van der Waals surface area contributed by atoms with Crippen LogP contribution in [0.15, 0.2) is 0 Å². The lowest BCUT2D eigenvalue weighted by molar-refractivity contribution is -0.115. The smallest absolute Gasteiger partial charge is 0.0213 e. The zero-order valence-corrected chi connectivity index (χ0v) is 15.8. The van der Waals surface area contributed by atoms with E-state index in [-0.39, 0.29) is 0 Å². The Morgan fingerprint density at radius 3 is 2.10 bits per heavy atom. The molecule has 0 heteroatoms. The zero-order chi connectivity index (χ0) is 15.8. The highest BCUT2D eigenvalue weighted by Gasteiger charge is 2.55. The molecule has 1 aliphatic rings. The van der Waals surface area contributed by atoms with Crippen LogP contribution in [-0.4, -0.2) is 0 Å². The van der Waals surface area contributed by atoms with Gasteiger partial charge in [-0.25, -0.2) is 0 Å². The molecule has 20 heavy (non-hydrogen) atoms. The molecule has 0 heterocycles. The summed E-state index contributed by atoms with van der Waals surface area (Å²) in [4.78, 5) is 0. The molecule has 1 fully saturated rings. The second kappa shape index (κ2) is 6.01. The fraction of sp³-hybridized carbons (Fsp3) is 1.00. The Balaban J connectivity index is 3.27. The SMILES string of the molecule is CCC(C)(CC(C)C)C1(CC)CC(C)(C)CC(C)C1C. The summed E-state index contributed by atoms with van der Waals surface area (Å²) < 4.78 is 0. The molecule has 0 bridgehead atoms. The Morgan fingerprint density at radius 1 is 1.15 bits per heavy atom. The van der Waals surface area contributed by atoms with Crippen molar-refractivity contribution in [2.75, 3.05) is 0 Å². The van der Waals surface area contributed by atoms with Crippen LogP contribution in [-0.2, 0) is 0 Å². The van der Waals surface area contributed by atoms with E-state index in [1.54, 1.807) is 0 Å². The molecule has 0 radical (unpaired) electrons. The molecule has 0 aliphatic heterocycles. The van der Waals surface area contributed by atoms with Gasteiger partial charge in [-0.2, -0.15) is 0 Å². The van der Waals surface area contributed by atoms with E-state index < -0.39 is 0 Å². The van der Waals surface area contributed by atoms with Crippen LogP contribution in [0.25, 0.3) is 0 Å². The molecule has 1 rings (SSSR count). The summed E-state index contributed by atoms with van der Waals surface area (Å²) in [6, 6.07) is 0. The molecule has 0 N–H and O–H groups in total. The number of hydrogen-bond acceptors (Lipinski definition) is 0. The van der Waals surface area contributed by atoms with Crippen LogP contribution < -0.4 is 0 Å². The van der Waals surface area contributed by atoms with Gasteiger partial charge in [0.15, 0.2) is 0 Å². The van der Waals surface area contributed by atoms with Gasteiger partial charge in [0, 0.05) is 0 Å². The van der Waals surface area contributed by atoms with E-state index in [0.717, 1.165) is 17.8 Å². The first-order valence-corrected chi connectivity index (χ1v) is 9.03. The quantitative estimate of drug-likeness (QED) is 0.512. The van der Waals surface area contributed by atoms with Gasteiger partial charge in [-0.1, -0.05) is 68.7 Å². The first-order valence-electron chi connectivity index (χ1n) is 9.03. The molecule has 0 saturated heterocycles. The summed E-state index contributed by atoms with van der Waals surface area (Å²) in [6.07, 6.45) is 6.87. The van der Waals surface area contributed by atoms with E-state index in [1.807, 2.05) is 0 Å². The molecule has 0 nitrogen and oxygen atoms in total. The average molecular weight is 281 g/mol. The van der Waals surface area contributed by atoms with E-state index in [2.05, 4.69) is 62.3 Å². The van der Waals surface area contributed by atoms with Crippen molar-refractivity contribution in [3.05, 3.63) is 0 Å². The van der Waals surface area contributed by atoms with Crippen molar-refractivity contribution < 1.29 is 0 Å². The Kier molecular flexibility index (Phi) is 5.43. The van der Waals surface area contributed by atoms with Crippen molar-refractivity contribution in [3.8, 4) is 0 Å². The lowest BCUT2D eigenvalue weighted by Gasteiger charge is -2.61. The molecule has 1 saturated carbocycles. The summed E-state index contributed by atoms with van der Waals surface area (Å²) in [5, 5.41) is 0. The monoisotopic (exact) mass is 280 g/mol. The van der Waals surface area contributed by atoms with Crippen molar-refractivity contribution in [2.24, 2.45) is 34.0 Å². The van der Waals surface area contributed by atoms with Crippen molar-refractivity contribution in [1.82, 2.24) is 0 Å². The van der Waals surface area contributed by atoms with Gasteiger partial charge in [0.1, 0.15) is 0 Å². The maximum atomic E-state index is 2.60. The van der Waals surface area contributed by atoms with Crippen LogP contribution in [0.3, 0.4) is 0 Å². The van der Waals surface area contributed by atoms with Crippen molar-refractivity contribution in [2.45, 2.75) is 94.4 Å². The molecule has 1 aliphatic carbocycles. The maximum Gasteiger partial charge on any atom is -0.0213 e. The summed E-state index contributed by atoms with van der Waals surface area (Å²) >= 11 is 0. The largest absolute Gasteiger partial charge is 0.0648 e. The van der Waals surface area contributed by atoms with Gasteiger partial charge in [0.05, 0.1) is 0 Å². The Bertz CT molecular complexity index is 314. The predicted molar refractivity (Wildman–Crippen MR) is 91.9 cm³/mol. The number of rotatable bonds is 5. The highest BCUT2D eigenvalue weighted by molar-refractivity contribution is 5.04. The van der Waals surface area contributed by atoms with Gasteiger partial charge in [0.2, 0.25) is 0 Å². The highest BCUT2D eigenvalue weighted by Crippen LogP contribution is 2.64. The van der Waals surface area contributed by atoms with E-state index in [0.29, 0.717) is 16.2 Å². The maximum absolute atomic E-state index is 2.60. The second-order valence-corrected chi connectivity index (χ2v) is 9.33. The van der Waals surface area contributed by atoms with E-state index in [9.17, 15) is 0 Å². The minimum absolute atomic E-state index is 0.487. The van der Waals surface area contributed by atoms with Gasteiger partial charge >= 0.3 is 0 Å². The van der Waals surface area contributed by atoms with E-state index >= 15 is 0 Å². The van der Waals surface area contributed by atoms with Crippen LogP contribution in [0.5, 0.6) is 0 Å². The third kappa shape index (κ3) is 3.09. The van der Waals surface area contributed by atoms with Crippen molar-refractivity contribution in [1.29, 1.82) is 0 Å². The van der Waals surface area contributed by atoms with Gasteiger partial charge in [-0.15, -0.1) is 0 Å². The van der Waals surface area contributed by atoms with Crippen molar-refractivity contribution in [3.63, 3.8) is 0 Å². The Labute approximate surface area is 129 Å². The third-order valence-corrected chi connectivity index (χ3v) is 6.87. The van der Waals surface area contributed by atoms with Crippen LogP contribution >= 0.6 is 0 Å². The molecule has 4 atom stereocenters. The van der Waals surface area contributed by atoms with Gasteiger partial charge in [0.25, 0.3) is 0 Å². The minimum atomic E-state index is 0.487. The van der Waals surface area contributed by atoms with Crippen molar-refractivity contribution >= 4 is 0 Å². The fourth-order valence-corrected chi connectivity index (χ4v) is 5.92. The second-order valence-electron chi connectivity index (χ2n) is 9.33. The fourth-order valence-electron chi connectivity index (χ4n) is 5.92. The summed E-state index contributed by atoms with van der Waals surface area (Å²) in [6.45, 7) is 22.4. The van der Waals surface area contributed by atoms with Crippen LogP contribution in [0.4, 0.5) is 0 Å². The molecule has 120 valence electrons. The van der Waals surface area contributed by atoms with Gasteiger partial charge < -0.3 is 0 Å². The van der Waals surface area contributed by atoms with Gasteiger partial charge in [-0.3, -0.25) is 0 Å². The molecule has 4 unspecified atom stereocenters. The lowest BCUT2D eigenvalue weighted by Crippen LogP contribution is -2.52. The lowest BCUT2D eigenvalue weighted by atomic mass is 9.44. The highest BCUT2D eigenvalue weighted by atomic mass is 14.6.